The van der Waals surface area contributed by atoms with Crippen LogP contribution in [0.25, 0.3) is 0 Å². The molecule has 2 aliphatic rings. The maximum atomic E-state index is 14.0. The van der Waals surface area contributed by atoms with Crippen molar-refractivity contribution >= 4 is 29.1 Å². The first-order chi connectivity index (χ1) is 17.7. The van der Waals surface area contributed by atoms with Gasteiger partial charge in [-0.2, -0.15) is 0 Å². The highest BCUT2D eigenvalue weighted by molar-refractivity contribution is 6.30. The summed E-state index contributed by atoms with van der Waals surface area (Å²) in [6.07, 6.45) is 4.01. The quantitative estimate of drug-likeness (QED) is 0.403. The molecule has 2 aromatic carbocycles. The third kappa shape index (κ3) is 4.89. The van der Waals surface area contributed by atoms with Crippen LogP contribution in [0.5, 0.6) is 0 Å². The molecule has 1 saturated heterocycles. The number of aromatic nitrogens is 1. The predicted molar refractivity (Wildman–Crippen MR) is 143 cm³/mol. The summed E-state index contributed by atoms with van der Waals surface area (Å²) in [5.41, 5.74) is 1.08. The van der Waals surface area contributed by atoms with Gasteiger partial charge in [0.25, 0.3) is 5.91 Å². The number of carbonyl (C=O) groups excluding carboxylic acids is 1. The van der Waals surface area contributed by atoms with Gasteiger partial charge in [-0.1, -0.05) is 47.5 Å². The van der Waals surface area contributed by atoms with Crippen LogP contribution in [-0.4, -0.2) is 41.2 Å². The molecule has 37 heavy (non-hydrogen) atoms. The fourth-order valence-corrected chi connectivity index (χ4v) is 5.82. The number of halogens is 2. The molecular formula is C29H30Cl2N2O4. The van der Waals surface area contributed by atoms with Gasteiger partial charge in [-0.25, -0.2) is 0 Å². The number of hydrogen-bond donors (Lipinski definition) is 1. The number of aliphatic hydroxyl groups is 1. The highest BCUT2D eigenvalue weighted by Gasteiger charge is 2.52. The number of hydrogen-bond acceptors (Lipinski definition) is 5. The maximum Gasteiger partial charge on any atom is 0.257 e. The zero-order chi connectivity index (χ0) is 26.2. The summed E-state index contributed by atoms with van der Waals surface area (Å²) in [5.74, 6) is 0.166. The molecular weight excluding hydrogens is 511 g/mol. The molecule has 0 aliphatic carbocycles. The number of nitrogens with zero attached hydrogens (tertiary/aromatic N) is 2. The molecule has 1 amide bonds. The molecule has 1 aromatic heterocycles. The number of amides is 1. The number of rotatable bonds is 7. The number of carbonyl (C=O) groups is 1. The summed E-state index contributed by atoms with van der Waals surface area (Å²) in [5, 5.41) is 12.6. The summed E-state index contributed by atoms with van der Waals surface area (Å²) in [4.78, 5) is 20.1. The normalized spacial score (nSPS) is 21.6. The molecule has 5 rings (SSSR count). The van der Waals surface area contributed by atoms with Crippen molar-refractivity contribution in [2.75, 3.05) is 20.3 Å². The van der Waals surface area contributed by atoms with E-state index in [1.807, 2.05) is 37.3 Å². The maximum absolute atomic E-state index is 14.0. The van der Waals surface area contributed by atoms with Crippen LogP contribution in [-0.2, 0) is 27.3 Å². The van der Waals surface area contributed by atoms with E-state index in [4.69, 9.17) is 32.7 Å². The fraction of sp³-hybridized carbons (Fsp3) is 0.379. The lowest BCUT2D eigenvalue weighted by Gasteiger charge is -2.38. The van der Waals surface area contributed by atoms with E-state index in [0.29, 0.717) is 58.0 Å². The van der Waals surface area contributed by atoms with Gasteiger partial charge in [0, 0.05) is 48.2 Å². The van der Waals surface area contributed by atoms with Gasteiger partial charge in [-0.3, -0.25) is 14.7 Å². The molecule has 2 aliphatic heterocycles. The zero-order valence-electron chi connectivity index (χ0n) is 20.9. The van der Waals surface area contributed by atoms with Crippen molar-refractivity contribution in [1.82, 2.24) is 9.88 Å². The Kier molecular flexibility index (Phi) is 7.31. The van der Waals surface area contributed by atoms with Crippen LogP contribution >= 0.6 is 23.2 Å². The lowest BCUT2D eigenvalue weighted by molar-refractivity contribution is -0.0868. The largest absolute Gasteiger partial charge is 0.385 e. The van der Waals surface area contributed by atoms with Crippen LogP contribution in [0.15, 0.2) is 60.8 Å². The average molecular weight is 541 g/mol. The van der Waals surface area contributed by atoms with Crippen molar-refractivity contribution in [1.29, 1.82) is 0 Å². The Hall–Kier alpha value is -2.48. The second-order valence-electron chi connectivity index (χ2n) is 10.0. The highest BCUT2D eigenvalue weighted by atomic mass is 35.5. The molecule has 1 N–H and O–H groups in total. The first-order valence-corrected chi connectivity index (χ1v) is 13.2. The lowest BCUT2D eigenvalue weighted by Crippen LogP contribution is -2.45. The van der Waals surface area contributed by atoms with E-state index in [1.165, 1.54) is 0 Å². The van der Waals surface area contributed by atoms with Crippen molar-refractivity contribution in [3.8, 4) is 0 Å². The molecule has 0 saturated carbocycles. The smallest absolute Gasteiger partial charge is 0.257 e. The van der Waals surface area contributed by atoms with E-state index in [1.54, 1.807) is 42.5 Å². The minimum Gasteiger partial charge on any atom is -0.385 e. The minimum absolute atomic E-state index is 0.202. The van der Waals surface area contributed by atoms with E-state index in [0.717, 1.165) is 18.4 Å². The van der Waals surface area contributed by atoms with Crippen molar-refractivity contribution in [3.05, 3.63) is 98.8 Å². The second-order valence-corrected chi connectivity index (χ2v) is 10.9. The minimum atomic E-state index is -1.19. The Labute approximate surface area is 227 Å². The predicted octanol–water partition coefficient (Wildman–Crippen LogP) is 5.92. The monoisotopic (exact) mass is 540 g/mol. The van der Waals surface area contributed by atoms with E-state index >= 15 is 0 Å². The number of fused-ring (bicyclic) bond motifs is 1. The molecule has 194 valence electrons. The molecule has 3 heterocycles. The summed E-state index contributed by atoms with van der Waals surface area (Å²) >= 11 is 12.2. The number of methoxy groups -OCH3 is 1. The lowest BCUT2D eigenvalue weighted by atomic mass is 9.81. The van der Waals surface area contributed by atoms with Crippen molar-refractivity contribution in [2.24, 2.45) is 5.92 Å². The van der Waals surface area contributed by atoms with Gasteiger partial charge < -0.3 is 14.6 Å². The topological polar surface area (TPSA) is 71.9 Å². The van der Waals surface area contributed by atoms with E-state index in [9.17, 15) is 9.90 Å². The molecule has 1 unspecified atom stereocenters. The zero-order valence-corrected chi connectivity index (χ0v) is 22.4. The first kappa shape index (κ1) is 26.1. The van der Waals surface area contributed by atoms with Crippen molar-refractivity contribution < 1.29 is 19.4 Å². The number of pyridine rings is 1. The third-order valence-electron chi connectivity index (χ3n) is 7.53. The molecule has 0 spiro atoms. The standard InChI is InChI=1S/C29H30Cl2N2O4/c1-28(35,16-19-11-13-37-14-12-19)21-5-10-26-25(15-21)27(34)33(18-24-9-8-23(31)17-32-24)29(26,36-2)20-3-6-22(30)7-4-20/h3-10,15,17,19,35H,11-14,16,18H2,1-2H3/t28?,29-/m1/s1. The molecule has 8 heteroatoms. The Morgan fingerprint density at radius 1 is 1.11 bits per heavy atom. The molecule has 0 bridgehead atoms. The van der Waals surface area contributed by atoms with Crippen molar-refractivity contribution in [3.63, 3.8) is 0 Å². The summed E-state index contributed by atoms with van der Waals surface area (Å²) < 4.78 is 11.7. The van der Waals surface area contributed by atoms with Gasteiger partial charge in [0.05, 0.1) is 22.9 Å². The average Bonchev–Trinajstić information content (AvgIpc) is 3.13. The van der Waals surface area contributed by atoms with Gasteiger partial charge in [-0.05, 0) is 68.0 Å². The van der Waals surface area contributed by atoms with Crippen LogP contribution in [0.1, 0.15) is 58.9 Å². The van der Waals surface area contributed by atoms with Gasteiger partial charge in [0.2, 0.25) is 0 Å². The highest BCUT2D eigenvalue weighted by Crippen LogP contribution is 2.47. The van der Waals surface area contributed by atoms with Gasteiger partial charge in [-0.15, -0.1) is 0 Å². The first-order valence-electron chi connectivity index (χ1n) is 12.4. The van der Waals surface area contributed by atoms with Crippen LogP contribution in [0.4, 0.5) is 0 Å². The molecule has 6 nitrogen and oxygen atoms in total. The summed E-state index contributed by atoms with van der Waals surface area (Å²) in [7, 11) is 1.59. The van der Waals surface area contributed by atoms with Crippen LogP contribution in [0.2, 0.25) is 10.0 Å². The van der Waals surface area contributed by atoms with Crippen LogP contribution in [0, 0.1) is 5.92 Å². The summed E-state index contributed by atoms with van der Waals surface area (Å²) in [6.45, 7) is 3.46. The van der Waals surface area contributed by atoms with E-state index < -0.39 is 11.3 Å². The SMILES string of the molecule is CO[C@]1(c2ccc(Cl)cc2)c2ccc(C(C)(O)CC3CCOCC3)cc2C(=O)N1Cc1ccc(Cl)cn1. The van der Waals surface area contributed by atoms with Gasteiger partial charge >= 0.3 is 0 Å². The molecule has 1 fully saturated rings. The molecule has 3 aromatic rings. The number of benzene rings is 2. The fourth-order valence-electron chi connectivity index (χ4n) is 5.59. The van der Waals surface area contributed by atoms with E-state index in [-0.39, 0.29) is 12.5 Å². The Morgan fingerprint density at radius 3 is 2.46 bits per heavy atom. The Balaban J connectivity index is 1.58. The van der Waals surface area contributed by atoms with E-state index in [2.05, 4.69) is 4.98 Å². The second kappa shape index (κ2) is 10.4. The number of ether oxygens (including phenoxy) is 2. The Bertz CT molecular complexity index is 1270. The van der Waals surface area contributed by atoms with Crippen LogP contribution < -0.4 is 0 Å². The molecule has 0 radical (unpaired) electrons. The van der Waals surface area contributed by atoms with Gasteiger partial charge in [0.1, 0.15) is 0 Å². The summed E-state index contributed by atoms with van der Waals surface area (Å²) in [6, 6.07) is 16.5. The van der Waals surface area contributed by atoms with Crippen molar-refractivity contribution in [2.45, 2.75) is 44.1 Å². The Morgan fingerprint density at radius 2 is 1.81 bits per heavy atom. The molecule has 2 atom stereocenters. The van der Waals surface area contributed by atoms with Crippen LogP contribution in [0.3, 0.4) is 0 Å². The van der Waals surface area contributed by atoms with Gasteiger partial charge in [0.15, 0.2) is 5.72 Å². The third-order valence-corrected chi connectivity index (χ3v) is 8.00.